The zero-order chi connectivity index (χ0) is 22.3. The van der Waals surface area contributed by atoms with Crippen molar-refractivity contribution in [1.29, 1.82) is 0 Å². The fourth-order valence-electron chi connectivity index (χ4n) is 3.60. The third-order valence-corrected chi connectivity index (χ3v) is 5.06. The van der Waals surface area contributed by atoms with Crippen molar-refractivity contribution in [2.45, 2.75) is 13.5 Å². The van der Waals surface area contributed by atoms with E-state index >= 15 is 0 Å². The van der Waals surface area contributed by atoms with Gasteiger partial charge in [0.15, 0.2) is 0 Å². The number of rotatable bonds is 7. The maximum Gasteiger partial charge on any atom is 0.338 e. The lowest BCUT2D eigenvalue weighted by Gasteiger charge is -2.16. The van der Waals surface area contributed by atoms with Gasteiger partial charge in [-0.3, -0.25) is 0 Å². The Morgan fingerprint density at radius 3 is 2.19 bits per heavy atom. The van der Waals surface area contributed by atoms with Gasteiger partial charge in [-0.05, 0) is 53.4 Å². The fourth-order valence-corrected chi connectivity index (χ4v) is 3.60. The molecule has 0 aliphatic rings. The largest absolute Gasteiger partial charge is 0.488 e. The monoisotopic (exact) mass is 426 g/mol. The number of para-hydroxylation sites is 1. The lowest BCUT2D eigenvalue weighted by atomic mass is 9.93. The van der Waals surface area contributed by atoms with E-state index in [1.807, 2.05) is 78.9 Å². The molecule has 0 saturated carbocycles. The van der Waals surface area contributed by atoms with E-state index in [-0.39, 0.29) is 12.2 Å². The van der Waals surface area contributed by atoms with Crippen LogP contribution in [0.5, 0.6) is 5.75 Å². The number of benzene rings is 4. The van der Waals surface area contributed by atoms with Gasteiger partial charge in [0, 0.05) is 5.56 Å². The van der Waals surface area contributed by atoms with Crippen LogP contribution in [0, 0.1) is 5.82 Å². The standard InChI is InChI=1S/C28H23FO3/c1-2-31-28(30)22-16-21(17-23(29)18-22)24-12-6-7-13-25(24)26-14-8-9-15-27(26)32-19-20-10-4-3-5-11-20/h3-18H,2,19H2,1H3. The van der Waals surface area contributed by atoms with Crippen LogP contribution in [-0.2, 0) is 11.3 Å². The lowest BCUT2D eigenvalue weighted by Crippen LogP contribution is -2.05. The van der Waals surface area contributed by atoms with E-state index in [9.17, 15) is 9.18 Å². The second-order valence-corrected chi connectivity index (χ2v) is 7.27. The summed E-state index contributed by atoms with van der Waals surface area (Å²) in [6.07, 6.45) is 0. The minimum Gasteiger partial charge on any atom is -0.488 e. The molecular formula is C28H23FO3. The number of carbonyl (C=O) groups excluding carboxylic acids is 1. The van der Waals surface area contributed by atoms with Gasteiger partial charge in [0.25, 0.3) is 0 Å². The molecule has 4 heteroatoms. The van der Waals surface area contributed by atoms with Crippen LogP contribution in [0.4, 0.5) is 4.39 Å². The zero-order valence-electron chi connectivity index (χ0n) is 17.8. The molecule has 4 aromatic carbocycles. The van der Waals surface area contributed by atoms with E-state index < -0.39 is 11.8 Å². The van der Waals surface area contributed by atoms with Crippen molar-refractivity contribution in [3.05, 3.63) is 114 Å². The van der Waals surface area contributed by atoms with Crippen LogP contribution in [0.15, 0.2) is 97.1 Å². The number of carbonyl (C=O) groups is 1. The molecule has 32 heavy (non-hydrogen) atoms. The van der Waals surface area contributed by atoms with Gasteiger partial charge in [-0.1, -0.05) is 72.8 Å². The number of ether oxygens (including phenoxy) is 2. The summed E-state index contributed by atoms with van der Waals surface area (Å²) in [4.78, 5) is 12.2. The molecule has 3 nitrogen and oxygen atoms in total. The fraction of sp³-hybridized carbons (Fsp3) is 0.107. The van der Waals surface area contributed by atoms with Gasteiger partial charge in [-0.25, -0.2) is 9.18 Å². The van der Waals surface area contributed by atoms with Crippen LogP contribution in [0.25, 0.3) is 22.3 Å². The Hall–Kier alpha value is -3.92. The molecule has 0 amide bonds. The van der Waals surface area contributed by atoms with E-state index in [1.54, 1.807) is 13.0 Å². The highest BCUT2D eigenvalue weighted by atomic mass is 19.1. The zero-order valence-corrected chi connectivity index (χ0v) is 17.8. The Morgan fingerprint density at radius 2 is 1.44 bits per heavy atom. The maximum absolute atomic E-state index is 14.4. The number of hydrogen-bond donors (Lipinski definition) is 0. The molecule has 0 N–H and O–H groups in total. The Labute approximate surface area is 187 Å². The average Bonchev–Trinajstić information content (AvgIpc) is 2.83. The molecular weight excluding hydrogens is 403 g/mol. The second-order valence-electron chi connectivity index (χ2n) is 7.27. The summed E-state index contributed by atoms with van der Waals surface area (Å²) < 4.78 is 25.6. The first-order valence-electron chi connectivity index (χ1n) is 10.5. The van der Waals surface area contributed by atoms with Crippen molar-refractivity contribution in [1.82, 2.24) is 0 Å². The minimum atomic E-state index is -0.544. The Balaban J connectivity index is 1.73. The van der Waals surface area contributed by atoms with Crippen molar-refractivity contribution in [2.24, 2.45) is 0 Å². The molecule has 0 heterocycles. The van der Waals surface area contributed by atoms with Crippen molar-refractivity contribution >= 4 is 5.97 Å². The van der Waals surface area contributed by atoms with E-state index in [0.29, 0.717) is 12.2 Å². The number of esters is 1. The van der Waals surface area contributed by atoms with Crippen LogP contribution in [0.2, 0.25) is 0 Å². The molecule has 0 aliphatic carbocycles. The summed E-state index contributed by atoms with van der Waals surface area (Å²) in [5.74, 6) is -0.308. The van der Waals surface area contributed by atoms with Crippen LogP contribution in [0.3, 0.4) is 0 Å². The van der Waals surface area contributed by atoms with Gasteiger partial charge < -0.3 is 9.47 Å². The molecule has 0 fully saturated rings. The smallest absolute Gasteiger partial charge is 0.338 e. The van der Waals surface area contributed by atoms with Gasteiger partial charge in [0.05, 0.1) is 12.2 Å². The highest BCUT2D eigenvalue weighted by Crippen LogP contribution is 2.38. The topological polar surface area (TPSA) is 35.5 Å². The number of hydrogen-bond acceptors (Lipinski definition) is 3. The second kappa shape index (κ2) is 9.92. The van der Waals surface area contributed by atoms with E-state index in [4.69, 9.17) is 9.47 Å². The molecule has 0 aromatic heterocycles. The van der Waals surface area contributed by atoms with Crippen molar-refractivity contribution in [2.75, 3.05) is 6.61 Å². The van der Waals surface area contributed by atoms with Gasteiger partial charge >= 0.3 is 5.97 Å². The van der Waals surface area contributed by atoms with E-state index in [0.717, 1.165) is 28.0 Å². The molecule has 4 rings (SSSR count). The molecule has 160 valence electrons. The summed E-state index contributed by atoms with van der Waals surface area (Å²) >= 11 is 0. The quantitative estimate of drug-likeness (QED) is 0.301. The lowest BCUT2D eigenvalue weighted by molar-refractivity contribution is 0.0526. The Kier molecular flexibility index (Phi) is 6.61. The summed E-state index contributed by atoms with van der Waals surface area (Å²) in [7, 11) is 0. The summed E-state index contributed by atoms with van der Waals surface area (Å²) in [5.41, 5.74) is 4.43. The summed E-state index contributed by atoms with van der Waals surface area (Å²) in [6.45, 7) is 2.39. The minimum absolute atomic E-state index is 0.185. The highest BCUT2D eigenvalue weighted by molar-refractivity contribution is 5.93. The Morgan fingerprint density at radius 1 is 0.781 bits per heavy atom. The third kappa shape index (κ3) is 4.86. The molecule has 0 saturated heterocycles. The molecule has 0 spiro atoms. The molecule has 0 bridgehead atoms. The highest BCUT2D eigenvalue weighted by Gasteiger charge is 2.15. The molecule has 0 aliphatic heterocycles. The van der Waals surface area contributed by atoms with Gasteiger partial charge in [0.2, 0.25) is 0 Å². The predicted molar refractivity (Wildman–Crippen MR) is 124 cm³/mol. The summed E-state index contributed by atoms with van der Waals surface area (Å²) in [5, 5.41) is 0. The summed E-state index contributed by atoms with van der Waals surface area (Å²) in [6, 6.07) is 29.7. The Bertz CT molecular complexity index is 1220. The van der Waals surface area contributed by atoms with Gasteiger partial charge in [-0.2, -0.15) is 0 Å². The van der Waals surface area contributed by atoms with Crippen LogP contribution >= 0.6 is 0 Å². The van der Waals surface area contributed by atoms with Crippen LogP contribution < -0.4 is 4.74 Å². The maximum atomic E-state index is 14.4. The predicted octanol–water partition coefficient (Wildman–Crippen LogP) is 6.92. The van der Waals surface area contributed by atoms with Crippen LogP contribution in [-0.4, -0.2) is 12.6 Å². The average molecular weight is 426 g/mol. The van der Waals surface area contributed by atoms with E-state index in [1.165, 1.54) is 12.1 Å². The molecule has 4 aromatic rings. The molecule has 0 radical (unpaired) electrons. The van der Waals surface area contributed by atoms with Gasteiger partial charge in [-0.15, -0.1) is 0 Å². The molecule has 0 unspecified atom stereocenters. The molecule has 0 atom stereocenters. The third-order valence-electron chi connectivity index (χ3n) is 5.06. The number of halogens is 1. The first kappa shape index (κ1) is 21.3. The first-order valence-corrected chi connectivity index (χ1v) is 10.5. The normalized spacial score (nSPS) is 10.6. The van der Waals surface area contributed by atoms with Crippen molar-refractivity contribution < 1.29 is 18.7 Å². The first-order chi connectivity index (χ1) is 15.7. The van der Waals surface area contributed by atoms with Gasteiger partial charge in [0.1, 0.15) is 18.2 Å². The SMILES string of the molecule is CCOC(=O)c1cc(F)cc(-c2ccccc2-c2ccccc2OCc2ccccc2)c1. The van der Waals surface area contributed by atoms with Crippen LogP contribution in [0.1, 0.15) is 22.8 Å². The van der Waals surface area contributed by atoms with E-state index in [2.05, 4.69) is 0 Å². The van der Waals surface area contributed by atoms with Crippen molar-refractivity contribution in [3.8, 4) is 28.0 Å². The van der Waals surface area contributed by atoms with Crippen molar-refractivity contribution in [3.63, 3.8) is 0 Å².